The number of methoxy groups -OCH3 is 1. The van der Waals surface area contributed by atoms with Crippen LogP contribution in [0.2, 0.25) is 0 Å². The number of aromatic nitrogens is 2. The lowest BCUT2D eigenvalue weighted by molar-refractivity contribution is 0.145. The normalized spacial score (nSPS) is 14.4. The fourth-order valence-electron chi connectivity index (χ4n) is 4.34. The van der Waals surface area contributed by atoms with Crippen molar-refractivity contribution in [3.8, 4) is 40.7 Å². The number of benzene rings is 3. The Balaban J connectivity index is 1.55. The predicted molar refractivity (Wildman–Crippen MR) is 144 cm³/mol. The number of hydrogen-bond donors (Lipinski definition) is 1. The largest absolute Gasteiger partial charge is 0.497 e. The van der Waals surface area contributed by atoms with E-state index < -0.39 is 5.60 Å². The number of ether oxygens (including phenoxy) is 1. The van der Waals surface area contributed by atoms with Crippen LogP contribution in [-0.4, -0.2) is 22.2 Å². The van der Waals surface area contributed by atoms with Crippen LogP contribution in [0.5, 0.6) is 5.75 Å². The zero-order chi connectivity index (χ0) is 25.0. The fourth-order valence-corrected chi connectivity index (χ4v) is 4.34. The van der Waals surface area contributed by atoms with Crippen LogP contribution < -0.4 is 4.74 Å². The first-order chi connectivity index (χ1) is 17.6. The standard InChI is InChI=1S/C32H26N2O2/c1-3-32(35,27-18-20-28(36-2)21-19-27)26-16-14-25(15-17-26)31-33-29(23-10-6-4-7-11-23)22-30(34-31)24-12-8-5-9-13-24/h1,4-8,10-12,14-22,35H,9,13H2,2H3. The second kappa shape index (κ2) is 10.0. The van der Waals surface area contributed by atoms with Gasteiger partial charge >= 0.3 is 0 Å². The van der Waals surface area contributed by atoms with Crippen LogP contribution in [0.4, 0.5) is 0 Å². The molecule has 0 spiro atoms. The minimum atomic E-state index is -1.57. The lowest BCUT2D eigenvalue weighted by atomic mass is 9.86. The highest BCUT2D eigenvalue weighted by atomic mass is 16.5. The van der Waals surface area contributed by atoms with E-state index in [1.807, 2.05) is 42.5 Å². The molecule has 1 N–H and O–H groups in total. The quantitative estimate of drug-likeness (QED) is 0.330. The van der Waals surface area contributed by atoms with Gasteiger partial charge in [-0.25, -0.2) is 9.97 Å². The molecule has 176 valence electrons. The topological polar surface area (TPSA) is 55.2 Å². The third-order valence-electron chi connectivity index (χ3n) is 6.42. The molecule has 0 bridgehead atoms. The van der Waals surface area contributed by atoms with Crippen molar-refractivity contribution in [2.24, 2.45) is 0 Å². The Labute approximate surface area is 211 Å². The fraction of sp³-hybridized carbons (Fsp3) is 0.125. The molecular formula is C32H26N2O2. The van der Waals surface area contributed by atoms with Crippen LogP contribution in [0, 0.1) is 12.3 Å². The maximum Gasteiger partial charge on any atom is 0.176 e. The Morgan fingerprint density at radius 1 is 0.861 bits per heavy atom. The van der Waals surface area contributed by atoms with Gasteiger partial charge in [0.2, 0.25) is 0 Å². The molecule has 3 aromatic carbocycles. The van der Waals surface area contributed by atoms with Gasteiger partial charge in [-0.2, -0.15) is 0 Å². The molecule has 0 amide bonds. The van der Waals surface area contributed by atoms with Crippen molar-refractivity contribution in [2.45, 2.75) is 18.4 Å². The zero-order valence-electron chi connectivity index (χ0n) is 20.1. The summed E-state index contributed by atoms with van der Waals surface area (Å²) >= 11 is 0. The number of hydrogen-bond acceptors (Lipinski definition) is 4. The minimum Gasteiger partial charge on any atom is -0.497 e. The number of terminal acetylenes is 1. The molecule has 4 nitrogen and oxygen atoms in total. The van der Waals surface area contributed by atoms with E-state index in [1.165, 1.54) is 5.57 Å². The molecule has 0 aliphatic heterocycles. The molecule has 0 radical (unpaired) electrons. The molecule has 1 unspecified atom stereocenters. The number of rotatable bonds is 6. The van der Waals surface area contributed by atoms with Crippen LogP contribution >= 0.6 is 0 Å². The highest BCUT2D eigenvalue weighted by molar-refractivity contribution is 5.73. The SMILES string of the molecule is C#CC(O)(c1ccc(OC)cc1)c1ccc(-c2nc(C3=CC=CCC3)cc(-c3ccccc3)n2)cc1. The third-order valence-corrected chi connectivity index (χ3v) is 6.42. The first kappa shape index (κ1) is 23.3. The maximum absolute atomic E-state index is 11.4. The second-order valence-corrected chi connectivity index (χ2v) is 8.65. The molecule has 4 heteroatoms. The van der Waals surface area contributed by atoms with Gasteiger partial charge in [0.1, 0.15) is 5.75 Å². The average molecular weight is 471 g/mol. The highest BCUT2D eigenvalue weighted by Gasteiger charge is 2.29. The first-order valence-corrected chi connectivity index (χ1v) is 11.9. The Hall–Kier alpha value is -4.46. The molecule has 36 heavy (non-hydrogen) atoms. The van der Waals surface area contributed by atoms with Gasteiger partial charge in [0.15, 0.2) is 11.4 Å². The smallest absolute Gasteiger partial charge is 0.176 e. The molecule has 1 atom stereocenters. The van der Waals surface area contributed by atoms with Crippen molar-refractivity contribution in [1.82, 2.24) is 9.97 Å². The molecule has 1 heterocycles. The first-order valence-electron chi connectivity index (χ1n) is 11.9. The summed E-state index contributed by atoms with van der Waals surface area (Å²) in [7, 11) is 1.60. The van der Waals surface area contributed by atoms with Crippen molar-refractivity contribution in [3.05, 3.63) is 120 Å². The van der Waals surface area contributed by atoms with Crippen molar-refractivity contribution in [2.75, 3.05) is 7.11 Å². The van der Waals surface area contributed by atoms with Crippen molar-refractivity contribution >= 4 is 5.57 Å². The van der Waals surface area contributed by atoms with E-state index in [2.05, 4.69) is 42.3 Å². The third kappa shape index (κ3) is 4.57. The lowest BCUT2D eigenvalue weighted by Gasteiger charge is -2.24. The molecule has 4 aromatic rings. The van der Waals surface area contributed by atoms with E-state index in [0.717, 1.165) is 35.4 Å². The van der Waals surface area contributed by atoms with E-state index in [-0.39, 0.29) is 0 Å². The molecule has 0 fully saturated rings. The number of allylic oxidation sites excluding steroid dienone is 4. The van der Waals surface area contributed by atoms with Crippen molar-refractivity contribution < 1.29 is 9.84 Å². The van der Waals surface area contributed by atoms with Gasteiger partial charge in [0.25, 0.3) is 0 Å². The van der Waals surface area contributed by atoms with E-state index in [1.54, 1.807) is 31.4 Å². The Kier molecular flexibility index (Phi) is 6.49. The van der Waals surface area contributed by atoms with E-state index in [9.17, 15) is 5.11 Å². The van der Waals surface area contributed by atoms with Crippen molar-refractivity contribution in [3.63, 3.8) is 0 Å². The van der Waals surface area contributed by atoms with Crippen LogP contribution in [0.15, 0.2) is 103 Å². The van der Waals surface area contributed by atoms with Crippen LogP contribution in [-0.2, 0) is 5.60 Å². The molecule has 0 saturated heterocycles. The molecule has 5 rings (SSSR count). The van der Waals surface area contributed by atoms with Crippen LogP contribution in [0.3, 0.4) is 0 Å². The second-order valence-electron chi connectivity index (χ2n) is 8.65. The summed E-state index contributed by atoms with van der Waals surface area (Å²) in [5.41, 5.74) is 4.49. The summed E-state index contributed by atoms with van der Waals surface area (Å²) in [4.78, 5) is 9.80. The molecule has 1 aliphatic carbocycles. The zero-order valence-corrected chi connectivity index (χ0v) is 20.1. The van der Waals surface area contributed by atoms with Crippen molar-refractivity contribution in [1.29, 1.82) is 0 Å². The summed E-state index contributed by atoms with van der Waals surface area (Å²) in [5, 5.41) is 11.4. The van der Waals surface area contributed by atoms with E-state index in [4.69, 9.17) is 21.1 Å². The van der Waals surface area contributed by atoms with Crippen LogP contribution in [0.1, 0.15) is 29.7 Å². The maximum atomic E-state index is 11.4. The number of aliphatic hydroxyl groups is 1. The van der Waals surface area contributed by atoms with E-state index in [0.29, 0.717) is 22.7 Å². The minimum absolute atomic E-state index is 0.596. The van der Waals surface area contributed by atoms with Crippen LogP contribution in [0.25, 0.3) is 28.2 Å². The van der Waals surface area contributed by atoms with Gasteiger partial charge in [0.05, 0.1) is 18.5 Å². The van der Waals surface area contributed by atoms with Gasteiger partial charge in [-0.05, 0) is 36.6 Å². The Morgan fingerprint density at radius 3 is 2.14 bits per heavy atom. The van der Waals surface area contributed by atoms with Gasteiger partial charge in [-0.1, -0.05) is 90.9 Å². The molecular weight excluding hydrogens is 444 g/mol. The lowest BCUT2D eigenvalue weighted by Crippen LogP contribution is -2.24. The summed E-state index contributed by atoms with van der Waals surface area (Å²) in [6.45, 7) is 0. The van der Waals surface area contributed by atoms with Gasteiger partial charge in [0, 0.05) is 22.3 Å². The predicted octanol–water partition coefficient (Wildman–Crippen LogP) is 6.42. The monoisotopic (exact) mass is 470 g/mol. The summed E-state index contributed by atoms with van der Waals surface area (Å²) < 4.78 is 5.23. The average Bonchev–Trinajstić information content (AvgIpc) is 2.97. The summed E-state index contributed by atoms with van der Waals surface area (Å²) in [5.74, 6) is 3.88. The van der Waals surface area contributed by atoms with Gasteiger partial charge < -0.3 is 9.84 Å². The Bertz CT molecular complexity index is 1460. The summed E-state index contributed by atoms with van der Waals surface area (Å²) in [6, 6.07) is 26.8. The summed E-state index contributed by atoms with van der Waals surface area (Å²) in [6.07, 6.45) is 14.1. The van der Waals surface area contributed by atoms with Gasteiger partial charge in [-0.3, -0.25) is 0 Å². The molecule has 1 aromatic heterocycles. The molecule has 1 aliphatic rings. The van der Waals surface area contributed by atoms with Gasteiger partial charge in [-0.15, -0.1) is 6.42 Å². The number of nitrogens with zero attached hydrogens (tertiary/aromatic N) is 2. The highest BCUT2D eigenvalue weighted by Crippen LogP contribution is 2.33. The Morgan fingerprint density at radius 2 is 1.53 bits per heavy atom. The van der Waals surface area contributed by atoms with E-state index >= 15 is 0 Å². The molecule has 0 saturated carbocycles.